The maximum Gasteiger partial charge on any atom is 0.352 e. The van der Waals surface area contributed by atoms with E-state index in [4.69, 9.17) is 4.98 Å². The van der Waals surface area contributed by atoms with Crippen LogP contribution in [0.5, 0.6) is 0 Å². The van der Waals surface area contributed by atoms with E-state index in [0.717, 1.165) is 68.1 Å². The molecule has 2 fully saturated rings. The van der Waals surface area contributed by atoms with Gasteiger partial charge < -0.3 is 20.0 Å². The number of benzene rings is 2. The fourth-order valence-corrected chi connectivity index (χ4v) is 6.27. The zero-order valence-electron chi connectivity index (χ0n) is 24.9. The highest BCUT2D eigenvalue weighted by molar-refractivity contribution is 5.85. The van der Waals surface area contributed by atoms with Crippen molar-refractivity contribution >= 4 is 22.4 Å². The molecule has 10 nitrogen and oxygen atoms in total. The van der Waals surface area contributed by atoms with Crippen molar-refractivity contribution in [3.63, 3.8) is 0 Å². The summed E-state index contributed by atoms with van der Waals surface area (Å²) in [6.07, 6.45) is 6.83. The molecule has 6 rings (SSSR count). The lowest BCUT2D eigenvalue weighted by Crippen LogP contribution is -2.39. The molecular weight excluding hydrogens is 528 g/mol. The Kier molecular flexibility index (Phi) is 8.53. The van der Waals surface area contributed by atoms with Gasteiger partial charge in [-0.15, -0.1) is 0 Å². The molecule has 4 heterocycles. The summed E-state index contributed by atoms with van der Waals surface area (Å²) in [6.45, 7) is 7.77. The minimum absolute atomic E-state index is 0.214. The van der Waals surface area contributed by atoms with Gasteiger partial charge in [-0.25, -0.2) is 9.78 Å². The van der Waals surface area contributed by atoms with Crippen LogP contribution in [0, 0.1) is 0 Å². The third-order valence-corrected chi connectivity index (χ3v) is 8.61. The van der Waals surface area contributed by atoms with Gasteiger partial charge in [-0.05, 0) is 120 Å². The van der Waals surface area contributed by atoms with Crippen LogP contribution in [0.4, 0.5) is 11.4 Å². The Bertz CT molecular complexity index is 1600. The highest BCUT2D eigenvalue weighted by Crippen LogP contribution is 2.28. The van der Waals surface area contributed by atoms with Gasteiger partial charge in [0.15, 0.2) is 11.5 Å². The molecule has 0 aliphatic carbocycles. The molecule has 0 spiro atoms. The van der Waals surface area contributed by atoms with Crippen molar-refractivity contribution in [3.05, 3.63) is 63.3 Å². The van der Waals surface area contributed by atoms with E-state index >= 15 is 0 Å². The quantitative estimate of drug-likeness (QED) is 0.217. The van der Waals surface area contributed by atoms with Crippen molar-refractivity contribution in [2.75, 3.05) is 70.1 Å². The molecule has 0 bridgehead atoms. The summed E-state index contributed by atoms with van der Waals surface area (Å²) >= 11 is 0. The molecule has 222 valence electrons. The van der Waals surface area contributed by atoms with Gasteiger partial charge in [0.2, 0.25) is 0 Å². The summed E-state index contributed by atoms with van der Waals surface area (Å²) in [5, 5.41) is 3.56. The number of nitrogens with one attached hydrogen (secondary N) is 1. The van der Waals surface area contributed by atoms with Crippen LogP contribution in [-0.2, 0) is 6.54 Å². The Morgan fingerprint density at radius 1 is 0.810 bits per heavy atom. The molecule has 2 aromatic rings. The summed E-state index contributed by atoms with van der Waals surface area (Å²) < 4.78 is 3.16. The van der Waals surface area contributed by atoms with Crippen LogP contribution < -0.4 is 21.5 Å². The van der Waals surface area contributed by atoms with Gasteiger partial charge in [0.1, 0.15) is 0 Å². The average Bonchev–Trinajstić information content (AvgIpc) is 3.71. The fraction of sp³-hybridized carbons (Fsp3) is 0.500. The van der Waals surface area contributed by atoms with Crippen molar-refractivity contribution in [2.24, 2.45) is 0 Å². The maximum atomic E-state index is 13.7. The highest BCUT2D eigenvalue weighted by atomic mass is 16.2. The molecule has 4 aliphatic heterocycles. The van der Waals surface area contributed by atoms with E-state index < -0.39 is 5.69 Å². The number of anilines is 2. The number of rotatable bonds is 11. The maximum absolute atomic E-state index is 13.7. The van der Waals surface area contributed by atoms with E-state index in [1.165, 1.54) is 43.3 Å². The van der Waals surface area contributed by atoms with Crippen LogP contribution in [0.3, 0.4) is 0 Å². The molecule has 0 aromatic heterocycles. The zero-order chi connectivity index (χ0) is 29.1. The van der Waals surface area contributed by atoms with Crippen molar-refractivity contribution in [2.45, 2.75) is 45.1 Å². The molecule has 1 N–H and O–H groups in total. The first-order valence-electron chi connectivity index (χ1n) is 15.4. The molecule has 0 atom stereocenters. The molecule has 10 heteroatoms. The van der Waals surface area contributed by atoms with E-state index in [-0.39, 0.29) is 17.1 Å². The first kappa shape index (κ1) is 28.4. The monoisotopic (exact) mass is 570 g/mol. The van der Waals surface area contributed by atoms with Crippen LogP contribution in [-0.4, -0.2) is 88.8 Å². The standard InChI is InChI=1S/C32H42N8O2/c1-36(2)25-10-12-26(13-11-25)40-28-23-24(33-15-7-20-37-16-3-4-17-37)9-14-27(28)34-29-30(40)35-32(42)39(31(29)41)22-8-21-38-18-5-6-19-38/h9-14,23,33H,3-8,15-22H2,1-2H3. The van der Waals surface area contributed by atoms with Gasteiger partial charge in [0.25, 0.3) is 5.56 Å². The lowest BCUT2D eigenvalue weighted by Gasteiger charge is -2.20. The van der Waals surface area contributed by atoms with E-state index in [0.29, 0.717) is 12.1 Å². The van der Waals surface area contributed by atoms with E-state index in [1.54, 1.807) is 0 Å². The summed E-state index contributed by atoms with van der Waals surface area (Å²) in [4.78, 5) is 43.2. The third-order valence-electron chi connectivity index (χ3n) is 8.61. The summed E-state index contributed by atoms with van der Waals surface area (Å²) in [6, 6.07) is 14.1. The SMILES string of the molecule is CN(C)c1ccc(-n2c3nc(=O)n(CCCN4CCCC4)c(=O)c-3nc3ccc(NCCCN4CCCC4)cc32)cc1. The van der Waals surface area contributed by atoms with Crippen LogP contribution in [0.1, 0.15) is 38.5 Å². The van der Waals surface area contributed by atoms with Gasteiger partial charge in [-0.2, -0.15) is 4.98 Å². The molecule has 2 aromatic carbocycles. The smallest absolute Gasteiger partial charge is 0.352 e. The molecule has 0 amide bonds. The zero-order valence-corrected chi connectivity index (χ0v) is 24.9. The normalized spacial score (nSPS) is 16.1. The predicted molar refractivity (Wildman–Crippen MR) is 169 cm³/mol. The third kappa shape index (κ3) is 6.05. The lowest BCUT2D eigenvalue weighted by atomic mass is 10.2. The fourth-order valence-electron chi connectivity index (χ4n) is 6.27. The van der Waals surface area contributed by atoms with Gasteiger partial charge in [-0.1, -0.05) is 0 Å². The Hall–Kier alpha value is -3.76. The van der Waals surface area contributed by atoms with Crippen molar-refractivity contribution in [1.82, 2.24) is 28.9 Å². The number of likely N-dealkylation sites (tertiary alicyclic amines) is 2. The second-order valence-electron chi connectivity index (χ2n) is 11.8. The first-order chi connectivity index (χ1) is 20.5. The second kappa shape index (κ2) is 12.6. The van der Waals surface area contributed by atoms with Crippen molar-refractivity contribution in [3.8, 4) is 17.2 Å². The number of hydrogen-bond donors (Lipinski definition) is 1. The van der Waals surface area contributed by atoms with Crippen LogP contribution in [0.15, 0.2) is 52.1 Å². The summed E-state index contributed by atoms with van der Waals surface area (Å²) in [5.41, 5.74) is 3.64. The predicted octanol–water partition coefficient (Wildman–Crippen LogP) is 3.50. The molecule has 42 heavy (non-hydrogen) atoms. The summed E-state index contributed by atoms with van der Waals surface area (Å²) in [5.74, 6) is 0.289. The largest absolute Gasteiger partial charge is 0.385 e. The first-order valence-corrected chi connectivity index (χ1v) is 15.4. The average molecular weight is 571 g/mol. The minimum atomic E-state index is -0.523. The van der Waals surface area contributed by atoms with Crippen LogP contribution >= 0.6 is 0 Å². The number of aromatic nitrogens is 4. The van der Waals surface area contributed by atoms with Gasteiger partial charge in [0, 0.05) is 44.2 Å². The van der Waals surface area contributed by atoms with Gasteiger partial charge in [-0.3, -0.25) is 13.9 Å². The molecule has 0 radical (unpaired) electrons. The van der Waals surface area contributed by atoms with Crippen LogP contribution in [0.2, 0.25) is 0 Å². The Labute approximate surface area is 246 Å². The van der Waals surface area contributed by atoms with Gasteiger partial charge >= 0.3 is 5.69 Å². The molecule has 2 saturated heterocycles. The van der Waals surface area contributed by atoms with E-state index in [9.17, 15) is 9.59 Å². The molecule has 0 unspecified atom stereocenters. The Morgan fingerprint density at radius 3 is 2.14 bits per heavy atom. The Balaban J connectivity index is 1.36. The highest BCUT2D eigenvalue weighted by Gasteiger charge is 2.23. The lowest BCUT2D eigenvalue weighted by molar-refractivity contribution is 0.323. The minimum Gasteiger partial charge on any atom is -0.385 e. The van der Waals surface area contributed by atoms with E-state index in [1.807, 2.05) is 66.0 Å². The molecule has 4 aliphatic rings. The number of fused-ring (bicyclic) bond motifs is 2. The molecule has 0 saturated carbocycles. The molecular formula is C32H42N8O2. The van der Waals surface area contributed by atoms with E-state index in [2.05, 4.69) is 20.1 Å². The number of hydrogen-bond acceptors (Lipinski definition) is 8. The topological polar surface area (TPSA) is 91.5 Å². The Morgan fingerprint density at radius 2 is 1.48 bits per heavy atom. The second-order valence-corrected chi connectivity index (χ2v) is 11.8. The van der Waals surface area contributed by atoms with Crippen molar-refractivity contribution < 1.29 is 0 Å². The van der Waals surface area contributed by atoms with Crippen LogP contribution in [0.25, 0.3) is 28.2 Å². The number of nitrogens with zero attached hydrogens (tertiary/aromatic N) is 7. The summed E-state index contributed by atoms with van der Waals surface area (Å²) in [7, 11) is 4.00. The van der Waals surface area contributed by atoms with Gasteiger partial charge in [0.05, 0.1) is 11.0 Å². The van der Waals surface area contributed by atoms with Crippen molar-refractivity contribution in [1.29, 1.82) is 0 Å².